The molecule has 0 fully saturated rings. The highest BCUT2D eigenvalue weighted by atomic mass is 35.5. The van der Waals surface area contributed by atoms with Gasteiger partial charge in [0.1, 0.15) is 5.82 Å². The minimum atomic E-state index is -0.609. The van der Waals surface area contributed by atoms with Crippen molar-refractivity contribution in [3.8, 4) is 0 Å². The van der Waals surface area contributed by atoms with E-state index in [4.69, 9.17) is 11.6 Å². The maximum Gasteiger partial charge on any atom is 0.254 e. The van der Waals surface area contributed by atoms with Gasteiger partial charge in [-0.15, -0.1) is 0 Å². The number of halogens is 2. The first kappa shape index (κ1) is 12.9. The SMILES string of the molecule is CNC(C)CNC(=O)c1ccc(Cl)cc1F. The van der Waals surface area contributed by atoms with Crippen molar-refractivity contribution in [2.75, 3.05) is 13.6 Å². The average molecular weight is 245 g/mol. The van der Waals surface area contributed by atoms with Gasteiger partial charge < -0.3 is 10.6 Å². The lowest BCUT2D eigenvalue weighted by molar-refractivity contribution is 0.0946. The molecule has 16 heavy (non-hydrogen) atoms. The molecule has 0 saturated carbocycles. The summed E-state index contributed by atoms with van der Waals surface area (Å²) in [4.78, 5) is 11.6. The normalized spacial score (nSPS) is 12.2. The molecule has 0 bridgehead atoms. The van der Waals surface area contributed by atoms with Crippen LogP contribution in [0, 0.1) is 5.82 Å². The van der Waals surface area contributed by atoms with Crippen LogP contribution in [0.15, 0.2) is 18.2 Å². The maximum absolute atomic E-state index is 13.3. The van der Waals surface area contributed by atoms with Gasteiger partial charge in [-0.05, 0) is 32.2 Å². The van der Waals surface area contributed by atoms with Gasteiger partial charge in [0.25, 0.3) is 5.91 Å². The molecule has 0 radical (unpaired) electrons. The number of benzene rings is 1. The van der Waals surface area contributed by atoms with E-state index in [2.05, 4.69) is 10.6 Å². The third-order valence-electron chi connectivity index (χ3n) is 2.24. The van der Waals surface area contributed by atoms with E-state index in [1.807, 2.05) is 6.92 Å². The topological polar surface area (TPSA) is 41.1 Å². The Morgan fingerprint density at radius 2 is 2.25 bits per heavy atom. The first-order valence-electron chi connectivity index (χ1n) is 4.95. The summed E-state index contributed by atoms with van der Waals surface area (Å²) >= 11 is 5.59. The van der Waals surface area contributed by atoms with Crippen molar-refractivity contribution in [2.24, 2.45) is 0 Å². The largest absolute Gasteiger partial charge is 0.350 e. The third-order valence-corrected chi connectivity index (χ3v) is 2.47. The molecule has 1 aromatic rings. The monoisotopic (exact) mass is 244 g/mol. The zero-order valence-electron chi connectivity index (χ0n) is 9.18. The predicted octanol–water partition coefficient (Wildman–Crippen LogP) is 1.82. The second-order valence-electron chi connectivity index (χ2n) is 3.52. The molecule has 1 atom stereocenters. The molecule has 1 aromatic carbocycles. The number of hydrogen-bond acceptors (Lipinski definition) is 2. The Bertz CT molecular complexity index is 384. The molecule has 2 N–H and O–H groups in total. The third kappa shape index (κ3) is 3.47. The zero-order valence-corrected chi connectivity index (χ0v) is 9.94. The number of amides is 1. The number of hydrogen-bond donors (Lipinski definition) is 2. The average Bonchev–Trinajstić information content (AvgIpc) is 2.25. The van der Waals surface area contributed by atoms with Gasteiger partial charge in [-0.2, -0.15) is 0 Å². The molecule has 0 saturated heterocycles. The highest BCUT2D eigenvalue weighted by Crippen LogP contribution is 2.14. The van der Waals surface area contributed by atoms with E-state index in [-0.39, 0.29) is 16.6 Å². The number of rotatable bonds is 4. The van der Waals surface area contributed by atoms with Crippen molar-refractivity contribution in [1.82, 2.24) is 10.6 Å². The van der Waals surface area contributed by atoms with Crippen molar-refractivity contribution in [1.29, 1.82) is 0 Å². The molecule has 0 aliphatic heterocycles. The maximum atomic E-state index is 13.3. The number of carbonyl (C=O) groups excluding carboxylic acids is 1. The van der Waals surface area contributed by atoms with Crippen LogP contribution in [0.3, 0.4) is 0 Å². The van der Waals surface area contributed by atoms with Crippen LogP contribution in [0.1, 0.15) is 17.3 Å². The van der Waals surface area contributed by atoms with E-state index in [1.165, 1.54) is 12.1 Å². The Balaban J connectivity index is 2.66. The minimum Gasteiger partial charge on any atom is -0.350 e. The molecule has 0 aliphatic carbocycles. The molecule has 0 aromatic heterocycles. The number of carbonyl (C=O) groups is 1. The van der Waals surface area contributed by atoms with Gasteiger partial charge >= 0.3 is 0 Å². The fourth-order valence-corrected chi connectivity index (χ4v) is 1.28. The quantitative estimate of drug-likeness (QED) is 0.848. The minimum absolute atomic E-state index is 0.00713. The lowest BCUT2D eigenvalue weighted by Crippen LogP contribution is -2.37. The summed E-state index contributed by atoms with van der Waals surface area (Å²) in [6.45, 7) is 2.36. The molecule has 0 heterocycles. The van der Waals surface area contributed by atoms with Crippen LogP contribution in [0.5, 0.6) is 0 Å². The Morgan fingerprint density at radius 3 is 2.81 bits per heavy atom. The Hall–Kier alpha value is -1.13. The van der Waals surface area contributed by atoms with Gasteiger partial charge in [0.2, 0.25) is 0 Å². The molecular formula is C11H14ClFN2O. The Morgan fingerprint density at radius 1 is 1.56 bits per heavy atom. The summed E-state index contributed by atoms with van der Waals surface area (Å²) in [7, 11) is 1.79. The number of likely N-dealkylation sites (N-methyl/N-ethyl adjacent to an activating group) is 1. The smallest absolute Gasteiger partial charge is 0.254 e. The molecule has 5 heteroatoms. The molecule has 3 nitrogen and oxygen atoms in total. The van der Waals surface area contributed by atoms with Crippen LogP contribution in [0.2, 0.25) is 5.02 Å². The highest BCUT2D eigenvalue weighted by molar-refractivity contribution is 6.30. The van der Waals surface area contributed by atoms with Gasteiger partial charge in [0, 0.05) is 17.6 Å². The van der Waals surface area contributed by atoms with E-state index in [9.17, 15) is 9.18 Å². The van der Waals surface area contributed by atoms with Crippen LogP contribution < -0.4 is 10.6 Å². The van der Waals surface area contributed by atoms with Crippen LogP contribution in [-0.2, 0) is 0 Å². The van der Waals surface area contributed by atoms with Gasteiger partial charge in [-0.1, -0.05) is 11.6 Å². The zero-order chi connectivity index (χ0) is 12.1. The van der Waals surface area contributed by atoms with Crippen LogP contribution in [-0.4, -0.2) is 25.5 Å². The molecule has 88 valence electrons. The first-order chi connectivity index (χ1) is 7.54. The molecule has 1 rings (SSSR count). The van der Waals surface area contributed by atoms with E-state index in [0.717, 1.165) is 6.07 Å². The van der Waals surface area contributed by atoms with E-state index in [0.29, 0.717) is 6.54 Å². The summed E-state index contributed by atoms with van der Waals surface area (Å²) in [5, 5.41) is 5.87. The van der Waals surface area contributed by atoms with Crippen LogP contribution >= 0.6 is 11.6 Å². The Kier molecular flexibility index (Phi) is 4.71. The second-order valence-corrected chi connectivity index (χ2v) is 3.96. The molecule has 1 amide bonds. The van der Waals surface area contributed by atoms with Gasteiger partial charge in [0.15, 0.2) is 0 Å². The lowest BCUT2D eigenvalue weighted by atomic mass is 10.2. The fourth-order valence-electron chi connectivity index (χ4n) is 1.12. The summed E-state index contributed by atoms with van der Waals surface area (Å²) in [6, 6.07) is 4.12. The summed E-state index contributed by atoms with van der Waals surface area (Å²) < 4.78 is 13.3. The Labute approximate surface area is 99.0 Å². The fraction of sp³-hybridized carbons (Fsp3) is 0.364. The summed E-state index contributed by atoms with van der Waals surface area (Å²) in [5.74, 6) is -1.04. The second kappa shape index (κ2) is 5.82. The standard InChI is InChI=1S/C11H14ClFN2O/c1-7(14-2)6-15-11(16)9-4-3-8(12)5-10(9)13/h3-5,7,14H,6H2,1-2H3,(H,15,16). The van der Waals surface area contributed by atoms with Crippen molar-refractivity contribution in [3.05, 3.63) is 34.6 Å². The van der Waals surface area contributed by atoms with Crippen LogP contribution in [0.4, 0.5) is 4.39 Å². The molecular weight excluding hydrogens is 231 g/mol. The molecule has 1 unspecified atom stereocenters. The van der Waals surface area contributed by atoms with E-state index < -0.39 is 11.7 Å². The van der Waals surface area contributed by atoms with Crippen molar-refractivity contribution >= 4 is 17.5 Å². The van der Waals surface area contributed by atoms with Gasteiger partial charge in [-0.3, -0.25) is 4.79 Å². The summed E-state index contributed by atoms with van der Waals surface area (Å²) in [6.07, 6.45) is 0. The lowest BCUT2D eigenvalue weighted by Gasteiger charge is -2.11. The van der Waals surface area contributed by atoms with Gasteiger partial charge in [-0.25, -0.2) is 4.39 Å². The first-order valence-corrected chi connectivity index (χ1v) is 5.33. The van der Waals surface area contributed by atoms with Crippen LogP contribution in [0.25, 0.3) is 0 Å². The highest BCUT2D eigenvalue weighted by Gasteiger charge is 2.12. The predicted molar refractivity (Wildman–Crippen MR) is 62.3 cm³/mol. The molecule has 0 spiro atoms. The van der Waals surface area contributed by atoms with E-state index >= 15 is 0 Å². The summed E-state index contributed by atoms with van der Waals surface area (Å²) in [5.41, 5.74) is 0.00713. The number of nitrogens with one attached hydrogen (secondary N) is 2. The van der Waals surface area contributed by atoms with Crippen molar-refractivity contribution in [3.63, 3.8) is 0 Å². The van der Waals surface area contributed by atoms with Gasteiger partial charge in [0.05, 0.1) is 5.56 Å². The molecule has 0 aliphatic rings. The van der Waals surface area contributed by atoms with Crippen molar-refractivity contribution < 1.29 is 9.18 Å². The van der Waals surface area contributed by atoms with E-state index in [1.54, 1.807) is 7.05 Å². The van der Waals surface area contributed by atoms with Crippen molar-refractivity contribution in [2.45, 2.75) is 13.0 Å².